The summed E-state index contributed by atoms with van der Waals surface area (Å²) in [4.78, 5) is 2.60. The molecule has 1 aromatic rings. The monoisotopic (exact) mass is 324 g/mol. The normalized spacial score (nSPS) is 21.3. The highest BCUT2D eigenvalue weighted by Gasteiger charge is 2.16. The second-order valence-corrected chi connectivity index (χ2v) is 6.47. The first kappa shape index (κ1) is 15.0. The second-order valence-electron chi connectivity index (χ2n) is 5.61. The fraction of sp³-hybridized carbons (Fsp3) is 0.625. The summed E-state index contributed by atoms with van der Waals surface area (Å²) in [6.45, 7) is 6.47. The van der Waals surface area contributed by atoms with Crippen molar-refractivity contribution in [3.05, 3.63) is 33.8 Å². The fourth-order valence-corrected chi connectivity index (χ4v) is 3.43. The molecule has 0 spiro atoms. The predicted molar refractivity (Wildman–Crippen MR) is 84.9 cm³/mol. The first-order valence-corrected chi connectivity index (χ1v) is 8.22. The highest BCUT2D eigenvalue weighted by Crippen LogP contribution is 2.24. The van der Waals surface area contributed by atoms with Gasteiger partial charge in [0, 0.05) is 17.6 Å². The average Bonchev–Trinajstić information content (AvgIpc) is 2.66. The molecular formula is C16H25BrN2. The van der Waals surface area contributed by atoms with Crippen LogP contribution in [0.3, 0.4) is 0 Å². The van der Waals surface area contributed by atoms with Gasteiger partial charge in [-0.25, -0.2) is 0 Å². The number of nitrogens with two attached hydrogens (primary N) is 1. The van der Waals surface area contributed by atoms with Crippen LogP contribution in [0.15, 0.2) is 22.7 Å². The minimum atomic E-state index is 0.612. The van der Waals surface area contributed by atoms with Gasteiger partial charge in [0.1, 0.15) is 0 Å². The Balaban J connectivity index is 1.97. The summed E-state index contributed by atoms with van der Waals surface area (Å²) in [6.07, 6.45) is 5.44. The van der Waals surface area contributed by atoms with E-state index in [1.54, 1.807) is 0 Å². The van der Waals surface area contributed by atoms with Crippen molar-refractivity contribution in [2.24, 2.45) is 11.7 Å². The molecule has 1 fully saturated rings. The predicted octanol–water partition coefficient (Wildman–Crippen LogP) is 3.92. The van der Waals surface area contributed by atoms with Gasteiger partial charge >= 0.3 is 0 Å². The molecule has 0 saturated carbocycles. The number of likely N-dealkylation sites (tertiary alicyclic amines) is 1. The zero-order valence-electron chi connectivity index (χ0n) is 11.9. The third kappa shape index (κ3) is 4.30. The van der Waals surface area contributed by atoms with Crippen LogP contribution in [0.25, 0.3) is 0 Å². The molecule has 1 unspecified atom stereocenters. The summed E-state index contributed by atoms with van der Waals surface area (Å²) in [5.74, 6) is 0.938. The van der Waals surface area contributed by atoms with Gasteiger partial charge in [0.2, 0.25) is 0 Å². The minimum absolute atomic E-state index is 0.612. The maximum atomic E-state index is 5.67. The Bertz CT molecular complexity index is 406. The number of nitrogens with zero attached hydrogens (tertiary/aromatic N) is 1. The molecule has 0 bridgehead atoms. The molecule has 2 rings (SSSR count). The standard InChI is InChI=1S/C16H25BrN2/c1-2-13-4-3-8-19(9-7-13)12-15-6-5-14(11-18)10-16(15)17/h5-6,10,13H,2-4,7-9,11-12,18H2,1H3. The quantitative estimate of drug-likeness (QED) is 0.909. The van der Waals surface area contributed by atoms with Crippen molar-refractivity contribution in [3.63, 3.8) is 0 Å². The molecule has 1 atom stereocenters. The summed E-state index contributed by atoms with van der Waals surface area (Å²) in [6, 6.07) is 6.52. The molecular weight excluding hydrogens is 300 g/mol. The number of halogens is 1. The Morgan fingerprint density at radius 2 is 2.16 bits per heavy atom. The van der Waals surface area contributed by atoms with Crippen LogP contribution >= 0.6 is 15.9 Å². The van der Waals surface area contributed by atoms with Crippen LogP contribution in [0, 0.1) is 5.92 Å². The van der Waals surface area contributed by atoms with Crippen molar-refractivity contribution in [2.75, 3.05) is 13.1 Å². The molecule has 1 heterocycles. The van der Waals surface area contributed by atoms with E-state index < -0.39 is 0 Å². The van der Waals surface area contributed by atoms with Crippen LogP contribution in [0.2, 0.25) is 0 Å². The van der Waals surface area contributed by atoms with Gasteiger partial charge in [-0.15, -0.1) is 0 Å². The number of hydrogen-bond acceptors (Lipinski definition) is 2. The van der Waals surface area contributed by atoms with E-state index in [4.69, 9.17) is 5.73 Å². The summed E-state index contributed by atoms with van der Waals surface area (Å²) < 4.78 is 1.20. The molecule has 2 N–H and O–H groups in total. The molecule has 1 aliphatic heterocycles. The van der Waals surface area contributed by atoms with Crippen LogP contribution in [0.5, 0.6) is 0 Å². The molecule has 19 heavy (non-hydrogen) atoms. The zero-order valence-corrected chi connectivity index (χ0v) is 13.5. The van der Waals surface area contributed by atoms with E-state index in [2.05, 4.69) is 46.0 Å². The van der Waals surface area contributed by atoms with E-state index in [0.29, 0.717) is 6.54 Å². The molecule has 0 aromatic heterocycles. The first-order valence-electron chi connectivity index (χ1n) is 7.42. The SMILES string of the molecule is CCC1CCCN(Cc2ccc(CN)cc2Br)CC1. The van der Waals surface area contributed by atoms with E-state index in [-0.39, 0.29) is 0 Å². The molecule has 1 saturated heterocycles. The molecule has 1 aliphatic rings. The van der Waals surface area contributed by atoms with Gasteiger partial charge in [-0.1, -0.05) is 41.4 Å². The van der Waals surface area contributed by atoms with Crippen LogP contribution < -0.4 is 5.73 Å². The first-order chi connectivity index (χ1) is 9.22. The molecule has 3 heteroatoms. The second kappa shape index (κ2) is 7.41. The molecule has 0 aliphatic carbocycles. The van der Waals surface area contributed by atoms with E-state index in [9.17, 15) is 0 Å². The highest BCUT2D eigenvalue weighted by molar-refractivity contribution is 9.10. The lowest BCUT2D eigenvalue weighted by Gasteiger charge is -2.21. The zero-order chi connectivity index (χ0) is 13.7. The Labute approximate surface area is 125 Å². The summed E-state index contributed by atoms with van der Waals surface area (Å²) >= 11 is 3.68. The lowest BCUT2D eigenvalue weighted by Crippen LogP contribution is -2.24. The lowest BCUT2D eigenvalue weighted by molar-refractivity contribution is 0.271. The maximum Gasteiger partial charge on any atom is 0.0244 e. The van der Waals surface area contributed by atoms with Crippen LogP contribution in [-0.2, 0) is 13.1 Å². The average molecular weight is 325 g/mol. The van der Waals surface area contributed by atoms with Crippen LogP contribution in [0.4, 0.5) is 0 Å². The summed E-state index contributed by atoms with van der Waals surface area (Å²) in [5, 5.41) is 0. The summed E-state index contributed by atoms with van der Waals surface area (Å²) in [7, 11) is 0. The van der Waals surface area contributed by atoms with E-state index in [1.165, 1.54) is 54.4 Å². The van der Waals surface area contributed by atoms with Gasteiger partial charge in [-0.3, -0.25) is 4.90 Å². The lowest BCUT2D eigenvalue weighted by atomic mass is 9.98. The minimum Gasteiger partial charge on any atom is -0.326 e. The van der Waals surface area contributed by atoms with Crippen molar-refractivity contribution in [1.29, 1.82) is 0 Å². The highest BCUT2D eigenvalue weighted by atomic mass is 79.9. The maximum absolute atomic E-state index is 5.67. The van der Waals surface area contributed by atoms with Crippen molar-refractivity contribution in [3.8, 4) is 0 Å². The van der Waals surface area contributed by atoms with E-state index in [0.717, 1.165) is 12.5 Å². The van der Waals surface area contributed by atoms with Gasteiger partial charge in [-0.05, 0) is 55.5 Å². The third-order valence-electron chi connectivity index (χ3n) is 4.26. The molecule has 0 radical (unpaired) electrons. The largest absolute Gasteiger partial charge is 0.326 e. The smallest absolute Gasteiger partial charge is 0.0244 e. The van der Waals surface area contributed by atoms with Gasteiger partial charge < -0.3 is 5.73 Å². The van der Waals surface area contributed by atoms with E-state index in [1.807, 2.05) is 0 Å². The third-order valence-corrected chi connectivity index (χ3v) is 5.00. The molecule has 1 aromatic carbocycles. The van der Waals surface area contributed by atoms with Gasteiger partial charge in [0.25, 0.3) is 0 Å². The van der Waals surface area contributed by atoms with Crippen molar-refractivity contribution in [1.82, 2.24) is 4.90 Å². The van der Waals surface area contributed by atoms with Crippen molar-refractivity contribution in [2.45, 2.75) is 45.7 Å². The van der Waals surface area contributed by atoms with Gasteiger partial charge in [-0.2, -0.15) is 0 Å². The summed E-state index contributed by atoms with van der Waals surface area (Å²) in [5.41, 5.74) is 8.25. The molecule has 2 nitrogen and oxygen atoms in total. The number of rotatable bonds is 4. The Hall–Kier alpha value is -0.380. The number of hydrogen-bond donors (Lipinski definition) is 1. The number of benzene rings is 1. The van der Waals surface area contributed by atoms with Crippen LogP contribution in [0.1, 0.15) is 43.7 Å². The Morgan fingerprint density at radius 3 is 2.84 bits per heavy atom. The molecule has 106 valence electrons. The van der Waals surface area contributed by atoms with Gasteiger partial charge in [0.15, 0.2) is 0 Å². The fourth-order valence-electron chi connectivity index (χ4n) is 2.88. The topological polar surface area (TPSA) is 29.3 Å². The van der Waals surface area contributed by atoms with E-state index >= 15 is 0 Å². The van der Waals surface area contributed by atoms with Gasteiger partial charge in [0.05, 0.1) is 0 Å². The Morgan fingerprint density at radius 1 is 1.32 bits per heavy atom. The Kier molecular flexibility index (Phi) is 5.86. The van der Waals surface area contributed by atoms with Crippen molar-refractivity contribution >= 4 is 15.9 Å². The van der Waals surface area contributed by atoms with Crippen LogP contribution in [-0.4, -0.2) is 18.0 Å². The molecule has 0 amide bonds. The van der Waals surface area contributed by atoms with Crippen molar-refractivity contribution < 1.29 is 0 Å².